The zero-order valence-corrected chi connectivity index (χ0v) is 10.0. The van der Waals surface area contributed by atoms with E-state index in [4.69, 9.17) is 11.6 Å². The Balaban J connectivity index is 2.43. The molecule has 2 aromatic heterocycles. The minimum absolute atomic E-state index is 0.0384. The summed E-state index contributed by atoms with van der Waals surface area (Å²) in [5.74, 6) is 1.34. The summed E-state index contributed by atoms with van der Waals surface area (Å²) in [5.41, 5.74) is -1.12. The van der Waals surface area contributed by atoms with Crippen molar-refractivity contribution < 1.29 is 0 Å². The maximum atomic E-state index is 11.5. The lowest BCUT2D eigenvalue weighted by atomic mass is 10.5. The van der Waals surface area contributed by atoms with E-state index in [0.29, 0.717) is 5.82 Å². The van der Waals surface area contributed by atoms with E-state index in [-0.39, 0.29) is 11.6 Å². The third kappa shape index (κ3) is 2.14. The van der Waals surface area contributed by atoms with Gasteiger partial charge in [-0.15, -0.1) is 10.2 Å². The molecule has 0 unspecified atom stereocenters. The second-order valence-electron chi connectivity index (χ2n) is 3.59. The number of nitrogens with one attached hydrogen (secondary N) is 1. The van der Waals surface area contributed by atoms with Crippen molar-refractivity contribution in [1.82, 2.24) is 24.3 Å². The minimum Gasteiger partial charge on any atom is -0.317 e. The van der Waals surface area contributed by atoms with Gasteiger partial charge in [-0.2, -0.15) is 0 Å². The second kappa shape index (κ2) is 4.17. The Bertz CT molecular complexity index is 669. The lowest BCUT2D eigenvalue weighted by molar-refractivity contribution is 0.652. The van der Waals surface area contributed by atoms with Crippen molar-refractivity contribution in [1.29, 1.82) is 0 Å². The van der Waals surface area contributed by atoms with Crippen LogP contribution in [0.15, 0.2) is 15.8 Å². The van der Waals surface area contributed by atoms with Crippen LogP contribution in [0.2, 0.25) is 5.02 Å². The third-order valence-corrected chi connectivity index (χ3v) is 2.73. The average Bonchev–Trinajstić information content (AvgIpc) is 2.58. The standard InChI is InChI=1S/C9H10ClN5O2/c1-5-12-13-7(14(5)2)4-15-3-6(10)8(16)11-9(15)17/h3H,4H2,1-2H3,(H,11,16,17). The predicted octanol–water partition coefficient (Wildman–Crippen LogP) is -0.325. The molecule has 90 valence electrons. The highest BCUT2D eigenvalue weighted by Gasteiger charge is 2.08. The summed E-state index contributed by atoms with van der Waals surface area (Å²) in [6.07, 6.45) is 1.28. The first-order valence-corrected chi connectivity index (χ1v) is 5.21. The van der Waals surface area contributed by atoms with Crippen LogP contribution >= 0.6 is 11.6 Å². The molecule has 2 heterocycles. The molecule has 2 aromatic rings. The maximum absolute atomic E-state index is 11.5. The van der Waals surface area contributed by atoms with Crippen molar-refractivity contribution in [2.75, 3.05) is 0 Å². The topological polar surface area (TPSA) is 85.6 Å². The van der Waals surface area contributed by atoms with Gasteiger partial charge < -0.3 is 4.57 Å². The minimum atomic E-state index is -0.595. The summed E-state index contributed by atoms with van der Waals surface area (Å²) < 4.78 is 3.03. The van der Waals surface area contributed by atoms with Gasteiger partial charge in [-0.3, -0.25) is 14.3 Å². The molecule has 0 atom stereocenters. The lowest BCUT2D eigenvalue weighted by Crippen LogP contribution is -2.30. The number of nitrogens with zero attached hydrogens (tertiary/aromatic N) is 4. The summed E-state index contributed by atoms with van der Waals surface area (Å²) in [5, 5.41) is 7.76. The number of aromatic nitrogens is 5. The van der Waals surface area contributed by atoms with E-state index in [1.165, 1.54) is 10.8 Å². The van der Waals surface area contributed by atoms with Crippen LogP contribution in [-0.2, 0) is 13.6 Å². The fourth-order valence-corrected chi connectivity index (χ4v) is 1.51. The van der Waals surface area contributed by atoms with Gasteiger partial charge in [-0.05, 0) is 6.92 Å². The van der Waals surface area contributed by atoms with Crippen molar-refractivity contribution in [2.45, 2.75) is 13.5 Å². The van der Waals surface area contributed by atoms with Crippen molar-refractivity contribution >= 4 is 11.6 Å². The molecular weight excluding hydrogens is 246 g/mol. The van der Waals surface area contributed by atoms with Gasteiger partial charge in [0.1, 0.15) is 10.8 Å². The van der Waals surface area contributed by atoms with Gasteiger partial charge >= 0.3 is 5.69 Å². The SMILES string of the molecule is Cc1nnc(Cn2cc(Cl)c(=O)[nH]c2=O)n1C. The predicted molar refractivity (Wildman–Crippen MR) is 61.2 cm³/mol. The maximum Gasteiger partial charge on any atom is 0.328 e. The number of aryl methyl sites for hydroxylation is 1. The Labute approximate surface area is 101 Å². The van der Waals surface area contributed by atoms with Crippen LogP contribution in [0.5, 0.6) is 0 Å². The molecule has 17 heavy (non-hydrogen) atoms. The summed E-state index contributed by atoms with van der Waals surface area (Å²) in [4.78, 5) is 24.7. The van der Waals surface area contributed by atoms with Crippen LogP contribution in [0.1, 0.15) is 11.6 Å². The molecule has 0 aliphatic carbocycles. The molecule has 2 rings (SSSR count). The quantitative estimate of drug-likeness (QED) is 0.797. The molecule has 8 heteroatoms. The van der Waals surface area contributed by atoms with E-state index < -0.39 is 11.2 Å². The van der Waals surface area contributed by atoms with E-state index in [0.717, 1.165) is 5.82 Å². The largest absolute Gasteiger partial charge is 0.328 e. The molecule has 1 N–H and O–H groups in total. The zero-order chi connectivity index (χ0) is 12.6. The van der Waals surface area contributed by atoms with Gasteiger partial charge in [0.15, 0.2) is 5.82 Å². The molecule has 0 aliphatic heterocycles. The van der Waals surface area contributed by atoms with E-state index in [9.17, 15) is 9.59 Å². The van der Waals surface area contributed by atoms with Crippen LogP contribution in [0.3, 0.4) is 0 Å². The second-order valence-corrected chi connectivity index (χ2v) is 3.99. The Morgan fingerprint density at radius 3 is 2.71 bits per heavy atom. The van der Waals surface area contributed by atoms with Gasteiger partial charge in [0, 0.05) is 13.2 Å². The summed E-state index contributed by atoms with van der Waals surface area (Å²) >= 11 is 5.65. The Morgan fingerprint density at radius 2 is 2.12 bits per heavy atom. The zero-order valence-electron chi connectivity index (χ0n) is 9.27. The summed E-state index contributed by atoms with van der Waals surface area (Å²) in [7, 11) is 1.79. The number of hydrogen-bond acceptors (Lipinski definition) is 4. The lowest BCUT2D eigenvalue weighted by Gasteiger charge is -2.04. The molecule has 0 fully saturated rings. The van der Waals surface area contributed by atoms with Gasteiger partial charge in [-0.1, -0.05) is 11.6 Å². The molecule has 7 nitrogen and oxygen atoms in total. The summed E-state index contributed by atoms with van der Waals surface area (Å²) in [6, 6.07) is 0. The Kier molecular flexibility index (Phi) is 2.84. The highest BCUT2D eigenvalue weighted by atomic mass is 35.5. The molecular formula is C9H10ClN5O2. The fraction of sp³-hybridized carbons (Fsp3) is 0.333. The van der Waals surface area contributed by atoms with Crippen LogP contribution in [-0.4, -0.2) is 24.3 Å². The molecule has 0 radical (unpaired) electrons. The van der Waals surface area contributed by atoms with Gasteiger partial charge in [0.25, 0.3) is 5.56 Å². The van der Waals surface area contributed by atoms with E-state index in [1.807, 2.05) is 0 Å². The molecule has 0 bridgehead atoms. The van der Waals surface area contributed by atoms with Crippen LogP contribution < -0.4 is 11.2 Å². The van der Waals surface area contributed by atoms with Gasteiger partial charge in [0.05, 0.1) is 6.54 Å². The third-order valence-electron chi connectivity index (χ3n) is 2.46. The number of aromatic amines is 1. The van der Waals surface area contributed by atoms with E-state index >= 15 is 0 Å². The van der Waals surface area contributed by atoms with Gasteiger partial charge in [-0.25, -0.2) is 4.79 Å². The van der Waals surface area contributed by atoms with Crippen molar-refractivity contribution in [2.24, 2.45) is 7.05 Å². The first kappa shape index (κ1) is 11.6. The average molecular weight is 256 g/mol. The fourth-order valence-electron chi connectivity index (χ4n) is 1.34. The number of H-pyrrole nitrogens is 1. The highest BCUT2D eigenvalue weighted by molar-refractivity contribution is 6.30. The monoisotopic (exact) mass is 255 g/mol. The molecule has 0 spiro atoms. The summed E-state index contributed by atoms with van der Waals surface area (Å²) in [6.45, 7) is 2.01. The van der Waals surface area contributed by atoms with Crippen LogP contribution in [0.4, 0.5) is 0 Å². The highest BCUT2D eigenvalue weighted by Crippen LogP contribution is 2.01. The first-order chi connectivity index (χ1) is 7.99. The molecule has 0 aliphatic rings. The Morgan fingerprint density at radius 1 is 1.41 bits per heavy atom. The van der Waals surface area contributed by atoms with E-state index in [1.54, 1.807) is 18.5 Å². The normalized spacial score (nSPS) is 10.8. The van der Waals surface area contributed by atoms with Crippen molar-refractivity contribution in [3.8, 4) is 0 Å². The van der Waals surface area contributed by atoms with Crippen LogP contribution in [0, 0.1) is 6.92 Å². The number of rotatable bonds is 2. The molecule has 0 aromatic carbocycles. The van der Waals surface area contributed by atoms with E-state index in [2.05, 4.69) is 15.2 Å². The first-order valence-electron chi connectivity index (χ1n) is 4.83. The molecule has 0 saturated heterocycles. The van der Waals surface area contributed by atoms with Gasteiger partial charge in [0.2, 0.25) is 0 Å². The molecule has 0 amide bonds. The number of hydrogen-bond donors (Lipinski definition) is 1. The molecule has 0 saturated carbocycles. The smallest absolute Gasteiger partial charge is 0.317 e. The Hall–Kier alpha value is -1.89. The van der Waals surface area contributed by atoms with Crippen molar-refractivity contribution in [3.05, 3.63) is 43.7 Å². The van der Waals surface area contributed by atoms with Crippen LogP contribution in [0.25, 0.3) is 0 Å². The number of halogens is 1. The van der Waals surface area contributed by atoms with Crippen molar-refractivity contribution in [3.63, 3.8) is 0 Å².